The molecule has 0 unspecified atom stereocenters. The normalized spacial score (nSPS) is 9.33. The Hall–Kier alpha value is -1.36. The van der Waals surface area contributed by atoms with Crippen molar-refractivity contribution in [2.24, 2.45) is 0 Å². The summed E-state index contributed by atoms with van der Waals surface area (Å²) in [4.78, 5) is 20.8. The lowest BCUT2D eigenvalue weighted by Crippen LogP contribution is -2.29. The van der Waals surface area contributed by atoms with Gasteiger partial charge in [-0.25, -0.2) is 4.79 Å². The van der Waals surface area contributed by atoms with E-state index in [9.17, 15) is 9.59 Å². The molecule has 5 heteroatoms. The molecule has 0 fully saturated rings. The van der Waals surface area contributed by atoms with E-state index >= 15 is 0 Å². The molecule has 0 aromatic carbocycles. The molecular weight excluding hydrogens is 178 g/mol. The zero-order chi connectivity index (χ0) is 8.97. The van der Waals surface area contributed by atoms with Gasteiger partial charge >= 0.3 is 6.09 Å². The molecule has 1 rings (SSSR count). The van der Waals surface area contributed by atoms with Gasteiger partial charge in [0, 0.05) is 0 Å². The summed E-state index contributed by atoms with van der Waals surface area (Å²) in [6.07, 6.45) is -1.19. The lowest BCUT2D eigenvalue weighted by molar-refractivity contribution is -0.119. The van der Waals surface area contributed by atoms with Gasteiger partial charge in [-0.05, 0) is 22.4 Å². The van der Waals surface area contributed by atoms with Gasteiger partial charge in [0.25, 0.3) is 0 Å². The van der Waals surface area contributed by atoms with E-state index in [1.54, 1.807) is 16.8 Å². The van der Waals surface area contributed by atoms with Crippen LogP contribution in [0.1, 0.15) is 5.56 Å². The van der Waals surface area contributed by atoms with Crippen LogP contribution in [-0.4, -0.2) is 17.1 Å². The number of nitrogens with one attached hydrogen (secondary N) is 1. The average Bonchev–Trinajstić information content (AvgIpc) is 2.37. The van der Waals surface area contributed by atoms with Gasteiger partial charge in [0.1, 0.15) is 0 Å². The maximum Gasteiger partial charge on any atom is 0.411 e. The summed E-state index contributed by atoms with van der Waals surface area (Å²) < 4.78 is 0. The second-order valence-corrected chi connectivity index (χ2v) is 2.94. The summed E-state index contributed by atoms with van der Waals surface area (Å²) in [7, 11) is 0. The lowest BCUT2D eigenvalue weighted by atomic mass is 10.2. The molecule has 64 valence electrons. The number of carbonyl (C=O) groups excluding carboxylic acids is 1. The third kappa shape index (κ3) is 2.71. The molecule has 0 saturated heterocycles. The zero-order valence-corrected chi connectivity index (χ0v) is 6.93. The van der Waals surface area contributed by atoms with E-state index in [1.165, 1.54) is 11.3 Å². The van der Waals surface area contributed by atoms with E-state index in [4.69, 9.17) is 5.11 Å². The third-order valence-electron chi connectivity index (χ3n) is 1.19. The van der Waals surface area contributed by atoms with Gasteiger partial charge in [-0.2, -0.15) is 11.3 Å². The first-order valence-corrected chi connectivity index (χ1v) is 4.16. The average molecular weight is 185 g/mol. The molecule has 0 bridgehead atoms. The van der Waals surface area contributed by atoms with Crippen LogP contribution in [0.5, 0.6) is 0 Å². The second kappa shape index (κ2) is 3.87. The number of hydrogen-bond donors (Lipinski definition) is 2. The number of hydrogen-bond acceptors (Lipinski definition) is 3. The van der Waals surface area contributed by atoms with Crippen LogP contribution in [0.15, 0.2) is 16.8 Å². The molecular formula is C7H7NO3S. The molecule has 1 heterocycles. The zero-order valence-electron chi connectivity index (χ0n) is 6.11. The number of imide groups is 1. The molecule has 0 radical (unpaired) electrons. The number of thiophene rings is 1. The number of amides is 2. The highest BCUT2D eigenvalue weighted by molar-refractivity contribution is 7.07. The smallest absolute Gasteiger partial charge is 0.411 e. The molecule has 0 aliphatic heterocycles. The highest BCUT2D eigenvalue weighted by atomic mass is 32.1. The SMILES string of the molecule is O=C(O)NC(=O)Cc1ccsc1. The molecule has 0 aliphatic carbocycles. The van der Waals surface area contributed by atoms with Crippen LogP contribution in [0.3, 0.4) is 0 Å². The molecule has 4 nitrogen and oxygen atoms in total. The molecule has 1 aromatic heterocycles. The summed E-state index contributed by atoms with van der Waals surface area (Å²) in [5.74, 6) is -0.499. The molecule has 2 N–H and O–H groups in total. The number of carbonyl (C=O) groups is 2. The first-order chi connectivity index (χ1) is 5.68. The maximum atomic E-state index is 10.8. The van der Waals surface area contributed by atoms with Crippen molar-refractivity contribution in [3.8, 4) is 0 Å². The molecule has 0 spiro atoms. The van der Waals surface area contributed by atoms with Crippen molar-refractivity contribution in [3.05, 3.63) is 22.4 Å². The summed E-state index contributed by atoms with van der Waals surface area (Å²) in [6, 6.07) is 1.78. The van der Waals surface area contributed by atoms with E-state index < -0.39 is 12.0 Å². The van der Waals surface area contributed by atoms with Crippen LogP contribution in [0, 0.1) is 0 Å². The van der Waals surface area contributed by atoms with Gasteiger partial charge in [0.15, 0.2) is 0 Å². The van der Waals surface area contributed by atoms with E-state index in [0.29, 0.717) is 0 Å². The van der Waals surface area contributed by atoms with Crippen molar-refractivity contribution in [1.82, 2.24) is 5.32 Å². The summed E-state index contributed by atoms with van der Waals surface area (Å²) >= 11 is 1.47. The Kier molecular flexibility index (Phi) is 2.82. The number of rotatable bonds is 2. The Balaban J connectivity index is 2.42. The summed E-state index contributed by atoms with van der Waals surface area (Å²) in [5.41, 5.74) is 0.832. The van der Waals surface area contributed by atoms with E-state index in [0.717, 1.165) is 5.56 Å². The van der Waals surface area contributed by atoms with E-state index in [-0.39, 0.29) is 6.42 Å². The van der Waals surface area contributed by atoms with Gasteiger partial charge in [0.2, 0.25) is 5.91 Å². The Morgan fingerprint density at radius 1 is 1.58 bits per heavy atom. The van der Waals surface area contributed by atoms with Gasteiger partial charge in [-0.15, -0.1) is 0 Å². The Morgan fingerprint density at radius 2 is 2.33 bits per heavy atom. The van der Waals surface area contributed by atoms with Crippen molar-refractivity contribution in [3.63, 3.8) is 0 Å². The highest BCUT2D eigenvalue weighted by Crippen LogP contribution is 2.05. The topological polar surface area (TPSA) is 66.4 Å². The standard InChI is InChI=1S/C7H7NO3S/c9-6(8-7(10)11)3-5-1-2-12-4-5/h1-2,4H,3H2,(H,8,9)(H,10,11). The predicted octanol–water partition coefficient (Wildman–Crippen LogP) is 1.08. The van der Waals surface area contributed by atoms with E-state index in [1.807, 2.05) is 5.38 Å². The summed E-state index contributed by atoms with van der Waals surface area (Å²) in [6.45, 7) is 0. The van der Waals surface area contributed by atoms with Crippen molar-refractivity contribution < 1.29 is 14.7 Å². The van der Waals surface area contributed by atoms with Crippen LogP contribution in [-0.2, 0) is 11.2 Å². The molecule has 1 aromatic rings. The van der Waals surface area contributed by atoms with Crippen LogP contribution in [0.2, 0.25) is 0 Å². The van der Waals surface area contributed by atoms with Gasteiger partial charge in [-0.1, -0.05) is 0 Å². The third-order valence-corrected chi connectivity index (χ3v) is 1.92. The van der Waals surface area contributed by atoms with Gasteiger partial charge in [0.05, 0.1) is 6.42 Å². The molecule has 0 saturated carbocycles. The molecule has 2 amide bonds. The Labute approximate surface area is 72.8 Å². The van der Waals surface area contributed by atoms with Crippen LogP contribution in [0.4, 0.5) is 4.79 Å². The predicted molar refractivity (Wildman–Crippen MR) is 44.2 cm³/mol. The largest absolute Gasteiger partial charge is 0.465 e. The first-order valence-electron chi connectivity index (χ1n) is 3.22. The number of carboxylic acid groups (broad SMARTS) is 1. The van der Waals surface area contributed by atoms with Crippen LogP contribution in [0.25, 0.3) is 0 Å². The van der Waals surface area contributed by atoms with Crippen LogP contribution < -0.4 is 5.32 Å². The minimum atomic E-state index is -1.31. The molecule has 0 atom stereocenters. The van der Waals surface area contributed by atoms with Gasteiger partial charge < -0.3 is 5.11 Å². The lowest BCUT2D eigenvalue weighted by Gasteiger charge is -1.96. The minimum absolute atomic E-state index is 0.121. The van der Waals surface area contributed by atoms with Gasteiger partial charge in [-0.3, -0.25) is 10.1 Å². The second-order valence-electron chi connectivity index (χ2n) is 2.16. The highest BCUT2D eigenvalue weighted by Gasteiger charge is 2.05. The fourth-order valence-electron chi connectivity index (χ4n) is 0.742. The van der Waals surface area contributed by atoms with Crippen molar-refractivity contribution >= 4 is 23.3 Å². The fraction of sp³-hybridized carbons (Fsp3) is 0.143. The van der Waals surface area contributed by atoms with Crippen molar-refractivity contribution in [2.45, 2.75) is 6.42 Å². The Bertz CT molecular complexity index is 281. The fourth-order valence-corrected chi connectivity index (χ4v) is 1.41. The van der Waals surface area contributed by atoms with Crippen molar-refractivity contribution in [2.75, 3.05) is 0 Å². The quantitative estimate of drug-likeness (QED) is 0.724. The monoisotopic (exact) mass is 185 g/mol. The molecule has 12 heavy (non-hydrogen) atoms. The summed E-state index contributed by atoms with van der Waals surface area (Å²) in [5, 5.41) is 13.6. The van der Waals surface area contributed by atoms with Crippen molar-refractivity contribution in [1.29, 1.82) is 0 Å². The van der Waals surface area contributed by atoms with Crippen LogP contribution >= 0.6 is 11.3 Å². The Morgan fingerprint density at radius 3 is 2.83 bits per heavy atom. The first kappa shape index (κ1) is 8.73. The minimum Gasteiger partial charge on any atom is -0.465 e. The maximum absolute atomic E-state index is 10.8. The van der Waals surface area contributed by atoms with E-state index in [2.05, 4.69) is 0 Å². The molecule has 0 aliphatic rings.